The SMILES string of the molecule is N#Cc1ccc(Br)cc1CC(=O)c1cc(NC(=O)C2C(c3cc(Cl)cc(Cl)c3)C2(Cl)Cl)ccc1Cl. The Kier molecular flexibility index (Phi) is 7.74. The van der Waals surface area contributed by atoms with Crippen molar-refractivity contribution in [1.29, 1.82) is 5.26 Å². The second-order valence-electron chi connectivity index (χ2n) is 8.03. The number of hydrogen-bond donors (Lipinski definition) is 1. The van der Waals surface area contributed by atoms with Crippen molar-refractivity contribution < 1.29 is 9.59 Å². The van der Waals surface area contributed by atoms with E-state index >= 15 is 0 Å². The molecule has 1 aliphatic carbocycles. The number of anilines is 1. The molecule has 1 N–H and O–H groups in total. The van der Waals surface area contributed by atoms with Crippen LogP contribution in [0.2, 0.25) is 15.1 Å². The Labute approximate surface area is 235 Å². The van der Waals surface area contributed by atoms with Crippen LogP contribution >= 0.6 is 73.9 Å². The third-order valence-corrected chi connectivity index (χ3v) is 7.85. The van der Waals surface area contributed by atoms with Gasteiger partial charge in [0, 0.05) is 38.1 Å². The zero-order valence-corrected chi connectivity index (χ0v) is 23.0. The standard InChI is InChI=1S/C25H14BrCl5N2O2/c26-15-2-1-12(11-32)13(5-15)8-21(34)19-10-18(3-4-20(19)29)33-24(35)23-22(25(23,30)31)14-6-16(27)9-17(28)7-14/h1-7,9-10,22-23H,8H2,(H,33,35). The number of nitrogens with zero attached hydrogens (tertiary/aromatic N) is 1. The Morgan fingerprint density at radius 3 is 2.34 bits per heavy atom. The highest BCUT2D eigenvalue weighted by molar-refractivity contribution is 9.10. The fraction of sp³-hybridized carbons (Fsp3) is 0.160. The zero-order valence-electron chi connectivity index (χ0n) is 17.6. The number of nitrogens with one attached hydrogen (secondary N) is 1. The van der Waals surface area contributed by atoms with Crippen molar-refractivity contribution in [2.45, 2.75) is 16.7 Å². The molecule has 35 heavy (non-hydrogen) atoms. The number of nitriles is 1. The van der Waals surface area contributed by atoms with Gasteiger partial charge < -0.3 is 5.32 Å². The normalized spacial score (nSPS) is 18.0. The summed E-state index contributed by atoms with van der Waals surface area (Å²) in [4.78, 5) is 26.0. The second-order valence-corrected chi connectivity index (χ2v) is 11.7. The van der Waals surface area contributed by atoms with Gasteiger partial charge in [0.05, 0.1) is 22.6 Å². The van der Waals surface area contributed by atoms with Crippen molar-refractivity contribution in [3.63, 3.8) is 0 Å². The van der Waals surface area contributed by atoms with Crippen LogP contribution in [0.1, 0.15) is 33.0 Å². The number of carbonyl (C=O) groups excluding carboxylic acids is 2. The Bertz CT molecular complexity index is 1380. The number of hydrogen-bond acceptors (Lipinski definition) is 3. The number of rotatable bonds is 6. The van der Waals surface area contributed by atoms with Gasteiger partial charge in [-0.15, -0.1) is 23.2 Å². The molecule has 1 fully saturated rings. The van der Waals surface area contributed by atoms with Crippen LogP contribution < -0.4 is 5.32 Å². The topological polar surface area (TPSA) is 70.0 Å². The minimum absolute atomic E-state index is 0.0356. The first kappa shape index (κ1) is 26.3. The molecular formula is C25H14BrCl5N2O2. The van der Waals surface area contributed by atoms with Gasteiger partial charge >= 0.3 is 0 Å². The maximum Gasteiger partial charge on any atom is 0.231 e. The van der Waals surface area contributed by atoms with E-state index < -0.39 is 22.1 Å². The predicted octanol–water partition coefficient (Wildman–Crippen LogP) is 8.23. The maximum absolute atomic E-state index is 13.0. The lowest BCUT2D eigenvalue weighted by atomic mass is 9.99. The van der Waals surface area contributed by atoms with Crippen LogP contribution in [0, 0.1) is 17.2 Å². The van der Waals surface area contributed by atoms with E-state index in [4.69, 9.17) is 58.0 Å². The lowest BCUT2D eigenvalue weighted by molar-refractivity contribution is -0.117. The largest absolute Gasteiger partial charge is 0.326 e. The summed E-state index contributed by atoms with van der Waals surface area (Å²) in [5.74, 6) is -1.98. The molecule has 0 radical (unpaired) electrons. The van der Waals surface area contributed by atoms with E-state index in [9.17, 15) is 14.9 Å². The Hall–Kier alpha value is -1.78. The highest BCUT2D eigenvalue weighted by atomic mass is 79.9. The molecule has 2 unspecified atom stereocenters. The van der Waals surface area contributed by atoms with E-state index in [0.29, 0.717) is 32.4 Å². The van der Waals surface area contributed by atoms with E-state index in [0.717, 1.165) is 4.47 Å². The molecule has 1 amide bonds. The molecule has 0 bridgehead atoms. The fourth-order valence-electron chi connectivity index (χ4n) is 3.94. The van der Waals surface area contributed by atoms with Crippen LogP contribution in [0.3, 0.4) is 0 Å². The minimum Gasteiger partial charge on any atom is -0.326 e. The molecule has 4 rings (SSSR count). The summed E-state index contributed by atoms with van der Waals surface area (Å²) >= 11 is 34.6. The average molecular weight is 632 g/mol. The molecule has 0 saturated heterocycles. The maximum atomic E-state index is 13.0. The van der Waals surface area contributed by atoms with Gasteiger partial charge in [0.25, 0.3) is 0 Å². The van der Waals surface area contributed by atoms with Gasteiger partial charge in [0.15, 0.2) is 5.78 Å². The van der Waals surface area contributed by atoms with Crippen molar-refractivity contribution >= 4 is 91.3 Å². The van der Waals surface area contributed by atoms with Gasteiger partial charge in [0.1, 0.15) is 4.33 Å². The first-order valence-corrected chi connectivity index (χ1v) is 12.9. The van der Waals surface area contributed by atoms with E-state index in [-0.39, 0.29) is 22.8 Å². The number of Topliss-reactive ketones (excluding diaryl/α,β-unsaturated/α-hetero) is 1. The van der Waals surface area contributed by atoms with Crippen molar-refractivity contribution in [2.24, 2.45) is 5.92 Å². The number of carbonyl (C=O) groups is 2. The van der Waals surface area contributed by atoms with E-state index in [2.05, 4.69) is 27.3 Å². The smallest absolute Gasteiger partial charge is 0.231 e. The summed E-state index contributed by atoms with van der Waals surface area (Å²) in [6, 6.07) is 16.7. The lowest BCUT2D eigenvalue weighted by Crippen LogP contribution is -2.17. The highest BCUT2D eigenvalue weighted by Crippen LogP contribution is 2.65. The van der Waals surface area contributed by atoms with Crippen LogP contribution in [0.15, 0.2) is 59.1 Å². The molecule has 0 heterocycles. The highest BCUT2D eigenvalue weighted by Gasteiger charge is 2.67. The Morgan fingerprint density at radius 2 is 1.69 bits per heavy atom. The quantitative estimate of drug-likeness (QED) is 0.220. The Morgan fingerprint density at radius 1 is 1.00 bits per heavy atom. The van der Waals surface area contributed by atoms with Crippen LogP contribution in [0.25, 0.3) is 0 Å². The third kappa shape index (κ3) is 5.64. The summed E-state index contributed by atoms with van der Waals surface area (Å²) in [5.41, 5.74) is 2.18. The summed E-state index contributed by atoms with van der Waals surface area (Å²) < 4.78 is -0.589. The number of ketones is 1. The van der Waals surface area contributed by atoms with Crippen LogP contribution in [-0.2, 0) is 11.2 Å². The molecular weight excluding hydrogens is 617 g/mol. The van der Waals surface area contributed by atoms with Crippen molar-refractivity contribution in [2.75, 3.05) is 5.32 Å². The van der Waals surface area contributed by atoms with Gasteiger partial charge in [-0.1, -0.05) is 50.7 Å². The average Bonchev–Trinajstić information content (AvgIpc) is 3.36. The molecule has 1 aliphatic rings. The van der Waals surface area contributed by atoms with Gasteiger partial charge in [-0.3, -0.25) is 9.59 Å². The third-order valence-electron chi connectivity index (χ3n) is 5.65. The molecule has 3 aromatic carbocycles. The van der Waals surface area contributed by atoms with E-state index in [1.54, 1.807) is 42.5 Å². The summed E-state index contributed by atoms with van der Waals surface area (Å²) in [5, 5.41) is 13.1. The minimum atomic E-state index is -1.34. The first-order valence-electron chi connectivity index (χ1n) is 10.2. The van der Waals surface area contributed by atoms with Gasteiger partial charge in [-0.05, 0) is 65.7 Å². The molecule has 10 heteroatoms. The monoisotopic (exact) mass is 628 g/mol. The fourth-order valence-corrected chi connectivity index (χ4v) is 5.95. The molecule has 4 nitrogen and oxygen atoms in total. The van der Waals surface area contributed by atoms with E-state index in [1.165, 1.54) is 12.1 Å². The summed E-state index contributed by atoms with van der Waals surface area (Å²) in [7, 11) is 0. The van der Waals surface area contributed by atoms with Crippen molar-refractivity contribution in [3.8, 4) is 6.07 Å². The lowest BCUT2D eigenvalue weighted by Gasteiger charge is -2.10. The number of halogens is 6. The van der Waals surface area contributed by atoms with Crippen molar-refractivity contribution in [1.82, 2.24) is 0 Å². The van der Waals surface area contributed by atoms with Gasteiger partial charge in [-0.25, -0.2) is 0 Å². The molecule has 0 aromatic heterocycles. The first-order chi connectivity index (χ1) is 16.5. The number of amides is 1. The number of benzene rings is 3. The van der Waals surface area contributed by atoms with E-state index in [1.807, 2.05) is 0 Å². The molecule has 178 valence electrons. The molecule has 3 aromatic rings. The number of alkyl halides is 2. The van der Waals surface area contributed by atoms with Gasteiger partial charge in [0.2, 0.25) is 5.91 Å². The molecule has 0 spiro atoms. The predicted molar refractivity (Wildman–Crippen MR) is 144 cm³/mol. The second kappa shape index (κ2) is 10.3. The van der Waals surface area contributed by atoms with Crippen LogP contribution in [0.4, 0.5) is 5.69 Å². The zero-order chi connectivity index (χ0) is 25.5. The van der Waals surface area contributed by atoms with Crippen LogP contribution in [-0.4, -0.2) is 16.0 Å². The summed E-state index contributed by atoms with van der Waals surface area (Å²) in [6.07, 6.45) is -0.0356. The molecule has 2 atom stereocenters. The van der Waals surface area contributed by atoms with Crippen molar-refractivity contribution in [3.05, 3.63) is 96.4 Å². The Balaban J connectivity index is 1.53. The summed E-state index contributed by atoms with van der Waals surface area (Å²) in [6.45, 7) is 0. The molecule has 1 saturated carbocycles. The van der Waals surface area contributed by atoms with Crippen LogP contribution in [0.5, 0.6) is 0 Å². The van der Waals surface area contributed by atoms with Gasteiger partial charge in [-0.2, -0.15) is 5.26 Å². The molecule has 0 aliphatic heterocycles.